The van der Waals surface area contributed by atoms with Gasteiger partial charge in [0.25, 0.3) is 0 Å². The Kier molecular flexibility index (Phi) is 6.49. The van der Waals surface area contributed by atoms with E-state index in [1.54, 1.807) is 4.68 Å². The fraction of sp³-hybridized carbons (Fsp3) is 0.333. The number of hydrogen-bond donors (Lipinski definition) is 1. The third-order valence-corrected chi connectivity index (χ3v) is 4.74. The van der Waals surface area contributed by atoms with Crippen LogP contribution in [0.5, 0.6) is 0 Å². The SMILES string of the molecule is CC(C)N(C)Cc1nnnn1CC(=O)NC(c1ccccc1)c1ccccc1. The fourth-order valence-electron chi connectivity index (χ4n) is 2.86. The van der Waals surface area contributed by atoms with Crippen LogP contribution in [-0.2, 0) is 17.9 Å². The van der Waals surface area contributed by atoms with Gasteiger partial charge < -0.3 is 5.32 Å². The van der Waals surface area contributed by atoms with Crippen molar-refractivity contribution in [3.05, 3.63) is 77.6 Å². The first-order valence-electron chi connectivity index (χ1n) is 9.39. The molecule has 0 unspecified atom stereocenters. The minimum atomic E-state index is -0.229. The van der Waals surface area contributed by atoms with Crippen LogP contribution in [0, 0.1) is 0 Å². The summed E-state index contributed by atoms with van der Waals surface area (Å²) >= 11 is 0. The zero-order chi connectivity index (χ0) is 19.9. The first-order valence-corrected chi connectivity index (χ1v) is 9.39. The molecule has 1 amide bonds. The van der Waals surface area contributed by atoms with Gasteiger partial charge in [-0.15, -0.1) is 5.10 Å². The van der Waals surface area contributed by atoms with Gasteiger partial charge in [0.15, 0.2) is 5.82 Å². The summed E-state index contributed by atoms with van der Waals surface area (Å²) in [5.41, 5.74) is 2.05. The Morgan fingerprint density at radius 3 is 2.14 bits per heavy atom. The van der Waals surface area contributed by atoms with Crippen LogP contribution in [0.1, 0.15) is 36.8 Å². The van der Waals surface area contributed by atoms with Gasteiger partial charge in [0.2, 0.25) is 5.91 Å². The lowest BCUT2D eigenvalue weighted by Crippen LogP contribution is -2.34. The van der Waals surface area contributed by atoms with E-state index < -0.39 is 0 Å². The molecular formula is C21H26N6O. The van der Waals surface area contributed by atoms with Gasteiger partial charge in [0, 0.05) is 6.04 Å². The molecule has 0 aliphatic carbocycles. The summed E-state index contributed by atoms with van der Waals surface area (Å²) in [7, 11) is 2.00. The zero-order valence-electron chi connectivity index (χ0n) is 16.5. The molecule has 2 aromatic carbocycles. The monoisotopic (exact) mass is 378 g/mol. The van der Waals surface area contributed by atoms with Crippen molar-refractivity contribution in [2.45, 2.75) is 39.0 Å². The second kappa shape index (κ2) is 9.23. The maximum absolute atomic E-state index is 12.8. The van der Waals surface area contributed by atoms with Crippen molar-refractivity contribution in [2.24, 2.45) is 0 Å². The Hall–Kier alpha value is -3.06. The van der Waals surface area contributed by atoms with Gasteiger partial charge in [-0.25, -0.2) is 4.68 Å². The van der Waals surface area contributed by atoms with E-state index in [0.717, 1.165) is 11.1 Å². The third kappa shape index (κ3) is 5.01. The molecule has 0 saturated heterocycles. The Labute approximate surface area is 165 Å². The normalized spacial score (nSPS) is 11.4. The van der Waals surface area contributed by atoms with E-state index in [4.69, 9.17) is 0 Å². The average Bonchev–Trinajstić information content (AvgIpc) is 3.13. The van der Waals surface area contributed by atoms with E-state index in [1.165, 1.54) is 0 Å². The summed E-state index contributed by atoms with van der Waals surface area (Å²) in [6.07, 6.45) is 0. The number of carbonyl (C=O) groups is 1. The molecule has 0 saturated carbocycles. The number of carbonyl (C=O) groups excluding carboxylic acids is 1. The molecule has 0 spiro atoms. The molecule has 0 radical (unpaired) electrons. The molecule has 0 fully saturated rings. The number of aromatic nitrogens is 4. The van der Waals surface area contributed by atoms with E-state index in [-0.39, 0.29) is 18.5 Å². The van der Waals surface area contributed by atoms with Gasteiger partial charge in [-0.2, -0.15) is 0 Å². The molecule has 7 heteroatoms. The highest BCUT2D eigenvalue weighted by molar-refractivity contribution is 5.76. The predicted molar refractivity (Wildman–Crippen MR) is 107 cm³/mol. The van der Waals surface area contributed by atoms with Gasteiger partial charge in [-0.05, 0) is 42.4 Å². The topological polar surface area (TPSA) is 75.9 Å². The van der Waals surface area contributed by atoms with Gasteiger partial charge in [-0.3, -0.25) is 9.69 Å². The number of hydrogen-bond acceptors (Lipinski definition) is 5. The van der Waals surface area contributed by atoms with Crippen LogP contribution in [0.2, 0.25) is 0 Å². The largest absolute Gasteiger partial charge is 0.344 e. The number of tetrazole rings is 1. The van der Waals surface area contributed by atoms with Crippen molar-refractivity contribution in [2.75, 3.05) is 7.05 Å². The van der Waals surface area contributed by atoms with Gasteiger partial charge in [0.1, 0.15) is 6.54 Å². The van der Waals surface area contributed by atoms with Crippen LogP contribution in [-0.4, -0.2) is 44.1 Å². The smallest absolute Gasteiger partial charge is 0.242 e. The quantitative estimate of drug-likeness (QED) is 0.651. The van der Waals surface area contributed by atoms with E-state index in [2.05, 4.69) is 39.6 Å². The highest BCUT2D eigenvalue weighted by atomic mass is 16.2. The Morgan fingerprint density at radius 2 is 1.61 bits per heavy atom. The Balaban J connectivity index is 1.74. The summed E-state index contributed by atoms with van der Waals surface area (Å²) in [5, 5.41) is 14.9. The lowest BCUT2D eigenvalue weighted by atomic mass is 9.99. The molecular weight excluding hydrogens is 352 g/mol. The minimum absolute atomic E-state index is 0.0738. The van der Waals surface area contributed by atoms with Crippen molar-refractivity contribution in [3.8, 4) is 0 Å². The predicted octanol–water partition coefficient (Wildman–Crippen LogP) is 2.42. The highest BCUT2D eigenvalue weighted by Crippen LogP contribution is 2.21. The van der Waals surface area contributed by atoms with Crippen molar-refractivity contribution in [1.82, 2.24) is 30.4 Å². The maximum Gasteiger partial charge on any atom is 0.242 e. The van der Waals surface area contributed by atoms with Gasteiger partial charge >= 0.3 is 0 Å². The highest BCUT2D eigenvalue weighted by Gasteiger charge is 2.19. The molecule has 3 aromatic rings. The van der Waals surface area contributed by atoms with Gasteiger partial charge in [-0.1, -0.05) is 60.7 Å². The lowest BCUT2D eigenvalue weighted by Gasteiger charge is -2.21. The Bertz CT molecular complexity index is 839. The molecule has 28 heavy (non-hydrogen) atoms. The molecule has 0 aliphatic heterocycles. The van der Waals surface area contributed by atoms with Crippen molar-refractivity contribution < 1.29 is 4.79 Å². The molecule has 7 nitrogen and oxygen atoms in total. The fourth-order valence-corrected chi connectivity index (χ4v) is 2.86. The summed E-state index contributed by atoms with van der Waals surface area (Å²) in [5.74, 6) is 0.528. The molecule has 1 heterocycles. The van der Waals surface area contributed by atoms with E-state index >= 15 is 0 Å². The zero-order valence-corrected chi connectivity index (χ0v) is 16.5. The van der Waals surface area contributed by atoms with Crippen molar-refractivity contribution in [3.63, 3.8) is 0 Å². The van der Waals surface area contributed by atoms with E-state index in [1.807, 2.05) is 67.7 Å². The molecule has 0 bridgehead atoms. The van der Waals surface area contributed by atoms with Crippen LogP contribution >= 0.6 is 0 Å². The molecule has 0 atom stereocenters. The molecule has 146 valence electrons. The first kappa shape index (κ1) is 19.7. The summed E-state index contributed by atoms with van der Waals surface area (Å²) in [6, 6.07) is 20.0. The maximum atomic E-state index is 12.8. The number of rotatable bonds is 8. The van der Waals surface area contributed by atoms with Crippen LogP contribution in [0.15, 0.2) is 60.7 Å². The summed E-state index contributed by atoms with van der Waals surface area (Å²) in [6.45, 7) is 4.86. The summed E-state index contributed by atoms with van der Waals surface area (Å²) < 4.78 is 1.56. The first-order chi connectivity index (χ1) is 13.5. The minimum Gasteiger partial charge on any atom is -0.344 e. The number of nitrogens with zero attached hydrogens (tertiary/aromatic N) is 5. The molecule has 3 rings (SSSR count). The number of nitrogens with one attached hydrogen (secondary N) is 1. The Morgan fingerprint density at radius 1 is 1.04 bits per heavy atom. The number of benzene rings is 2. The standard InChI is InChI=1S/C21H26N6O/c1-16(2)26(3)14-19-23-24-25-27(19)15-20(28)22-21(17-10-6-4-7-11-17)18-12-8-5-9-13-18/h4-13,16,21H,14-15H2,1-3H3,(H,22,28). The van der Waals surface area contributed by atoms with Gasteiger partial charge in [0.05, 0.1) is 12.6 Å². The van der Waals surface area contributed by atoms with Crippen LogP contribution in [0.25, 0.3) is 0 Å². The average molecular weight is 378 g/mol. The van der Waals surface area contributed by atoms with Crippen molar-refractivity contribution in [1.29, 1.82) is 0 Å². The molecule has 1 aromatic heterocycles. The second-order valence-electron chi connectivity index (χ2n) is 7.08. The van der Waals surface area contributed by atoms with Crippen LogP contribution in [0.4, 0.5) is 0 Å². The third-order valence-electron chi connectivity index (χ3n) is 4.74. The van der Waals surface area contributed by atoms with Crippen LogP contribution < -0.4 is 5.32 Å². The number of amides is 1. The molecule has 1 N–H and O–H groups in total. The molecule has 0 aliphatic rings. The second-order valence-corrected chi connectivity index (χ2v) is 7.08. The van der Waals surface area contributed by atoms with E-state index in [9.17, 15) is 4.79 Å². The van der Waals surface area contributed by atoms with Crippen LogP contribution in [0.3, 0.4) is 0 Å². The van der Waals surface area contributed by atoms with E-state index in [0.29, 0.717) is 18.4 Å². The summed E-state index contributed by atoms with van der Waals surface area (Å²) in [4.78, 5) is 14.9. The van der Waals surface area contributed by atoms with Crippen molar-refractivity contribution >= 4 is 5.91 Å². The lowest BCUT2D eigenvalue weighted by molar-refractivity contribution is -0.122.